The molecule has 0 aliphatic rings. The summed E-state index contributed by atoms with van der Waals surface area (Å²) in [5, 5.41) is 3.31. The first-order valence-electron chi connectivity index (χ1n) is 5.12. The van der Waals surface area contributed by atoms with Crippen molar-refractivity contribution in [3.63, 3.8) is 0 Å². The second-order valence-corrected chi connectivity index (χ2v) is 3.31. The molecule has 0 saturated carbocycles. The van der Waals surface area contributed by atoms with Crippen LogP contribution in [0.4, 0.5) is 4.39 Å². The second kappa shape index (κ2) is 5.70. The van der Waals surface area contributed by atoms with Crippen LogP contribution in [0.15, 0.2) is 18.5 Å². The molecule has 3 heteroatoms. The average molecular weight is 196 g/mol. The molecule has 0 bridgehead atoms. The fourth-order valence-corrected chi connectivity index (χ4v) is 1.46. The van der Waals surface area contributed by atoms with E-state index in [1.165, 1.54) is 6.20 Å². The van der Waals surface area contributed by atoms with Crippen LogP contribution in [0.5, 0.6) is 0 Å². The minimum atomic E-state index is -0.219. The Morgan fingerprint density at radius 1 is 1.50 bits per heavy atom. The van der Waals surface area contributed by atoms with Crippen LogP contribution in [0.25, 0.3) is 0 Å². The van der Waals surface area contributed by atoms with Gasteiger partial charge < -0.3 is 5.32 Å². The maximum Gasteiger partial charge on any atom is 0.146 e. The van der Waals surface area contributed by atoms with Crippen LogP contribution >= 0.6 is 0 Å². The minimum absolute atomic E-state index is 0.109. The molecule has 14 heavy (non-hydrogen) atoms. The first kappa shape index (κ1) is 11.1. The molecule has 0 aliphatic carbocycles. The second-order valence-electron chi connectivity index (χ2n) is 3.31. The summed E-state index contributed by atoms with van der Waals surface area (Å²) >= 11 is 0. The molecule has 78 valence electrons. The van der Waals surface area contributed by atoms with Crippen molar-refractivity contribution in [2.45, 2.75) is 32.7 Å². The zero-order valence-corrected chi connectivity index (χ0v) is 8.76. The highest BCUT2D eigenvalue weighted by Crippen LogP contribution is 2.18. The van der Waals surface area contributed by atoms with Gasteiger partial charge in [-0.3, -0.25) is 4.98 Å². The molecule has 1 heterocycles. The van der Waals surface area contributed by atoms with E-state index < -0.39 is 0 Å². The van der Waals surface area contributed by atoms with Gasteiger partial charge in [-0.25, -0.2) is 4.39 Å². The third-order valence-electron chi connectivity index (χ3n) is 2.23. The lowest BCUT2D eigenvalue weighted by molar-refractivity contribution is 0.486. The van der Waals surface area contributed by atoms with E-state index in [9.17, 15) is 4.39 Å². The summed E-state index contributed by atoms with van der Waals surface area (Å²) in [5.41, 5.74) is 0.718. The van der Waals surface area contributed by atoms with Crippen LogP contribution in [0, 0.1) is 5.82 Å². The van der Waals surface area contributed by atoms with Gasteiger partial charge in [0.1, 0.15) is 5.82 Å². The molecule has 1 unspecified atom stereocenters. The van der Waals surface area contributed by atoms with Crippen LogP contribution in [0.3, 0.4) is 0 Å². The van der Waals surface area contributed by atoms with Crippen LogP contribution in [0.1, 0.15) is 38.3 Å². The third kappa shape index (κ3) is 2.77. The maximum absolute atomic E-state index is 13.4. The van der Waals surface area contributed by atoms with Gasteiger partial charge in [-0.05, 0) is 25.5 Å². The van der Waals surface area contributed by atoms with Gasteiger partial charge in [0.25, 0.3) is 0 Å². The summed E-state index contributed by atoms with van der Waals surface area (Å²) in [4.78, 5) is 3.74. The number of hydrogen-bond acceptors (Lipinski definition) is 2. The Balaban J connectivity index is 2.73. The Bertz CT molecular complexity index is 276. The van der Waals surface area contributed by atoms with Crippen molar-refractivity contribution in [1.29, 1.82) is 0 Å². The van der Waals surface area contributed by atoms with Crippen molar-refractivity contribution in [2.24, 2.45) is 0 Å². The number of nitrogens with zero attached hydrogens (tertiary/aromatic N) is 1. The molecule has 0 aromatic carbocycles. The molecule has 0 spiro atoms. The highest BCUT2D eigenvalue weighted by molar-refractivity contribution is 5.17. The molecule has 1 N–H and O–H groups in total. The first-order chi connectivity index (χ1) is 6.79. The molecule has 1 atom stereocenters. The highest BCUT2D eigenvalue weighted by Gasteiger charge is 2.12. The van der Waals surface area contributed by atoms with Gasteiger partial charge in [-0.2, -0.15) is 0 Å². The van der Waals surface area contributed by atoms with E-state index in [1.807, 2.05) is 6.92 Å². The lowest BCUT2D eigenvalue weighted by atomic mass is 10.1. The summed E-state index contributed by atoms with van der Waals surface area (Å²) in [6.45, 7) is 5.07. The van der Waals surface area contributed by atoms with E-state index in [-0.39, 0.29) is 11.9 Å². The van der Waals surface area contributed by atoms with Gasteiger partial charge in [-0.1, -0.05) is 13.8 Å². The van der Waals surface area contributed by atoms with E-state index in [2.05, 4.69) is 17.2 Å². The number of hydrogen-bond donors (Lipinski definition) is 1. The maximum atomic E-state index is 13.4. The quantitative estimate of drug-likeness (QED) is 0.783. The number of aromatic nitrogens is 1. The van der Waals surface area contributed by atoms with E-state index >= 15 is 0 Å². The zero-order valence-electron chi connectivity index (χ0n) is 8.76. The normalized spacial score (nSPS) is 12.8. The molecular weight excluding hydrogens is 179 g/mol. The fraction of sp³-hybridized carbons (Fsp3) is 0.545. The van der Waals surface area contributed by atoms with Crippen molar-refractivity contribution >= 4 is 0 Å². The van der Waals surface area contributed by atoms with Crippen LogP contribution < -0.4 is 5.32 Å². The van der Waals surface area contributed by atoms with Gasteiger partial charge >= 0.3 is 0 Å². The zero-order chi connectivity index (χ0) is 10.4. The van der Waals surface area contributed by atoms with Crippen molar-refractivity contribution in [1.82, 2.24) is 10.3 Å². The Morgan fingerprint density at radius 2 is 2.29 bits per heavy atom. The summed E-state index contributed by atoms with van der Waals surface area (Å²) in [5.74, 6) is -0.219. The molecular formula is C11H17FN2. The van der Waals surface area contributed by atoms with Crippen molar-refractivity contribution in [3.05, 3.63) is 29.8 Å². The molecule has 1 aromatic heterocycles. The predicted octanol–water partition coefficient (Wildman–Crippen LogP) is 2.67. The molecule has 0 fully saturated rings. The largest absolute Gasteiger partial charge is 0.310 e. The lowest BCUT2D eigenvalue weighted by Gasteiger charge is -2.17. The minimum Gasteiger partial charge on any atom is -0.310 e. The Morgan fingerprint density at radius 3 is 2.86 bits per heavy atom. The standard InChI is InChI=1S/C11H17FN2/c1-3-6-14-11(4-2)9-5-7-13-8-10(9)12/h5,7-8,11,14H,3-4,6H2,1-2H3. The highest BCUT2D eigenvalue weighted by atomic mass is 19.1. The number of rotatable bonds is 5. The van der Waals surface area contributed by atoms with Crippen molar-refractivity contribution in [3.8, 4) is 0 Å². The molecule has 0 radical (unpaired) electrons. The van der Waals surface area contributed by atoms with E-state index in [4.69, 9.17) is 0 Å². The molecule has 0 saturated heterocycles. The molecule has 2 nitrogen and oxygen atoms in total. The third-order valence-corrected chi connectivity index (χ3v) is 2.23. The number of halogens is 1. The van der Waals surface area contributed by atoms with Gasteiger partial charge in [0.05, 0.1) is 6.20 Å². The van der Waals surface area contributed by atoms with Crippen LogP contribution in [-0.4, -0.2) is 11.5 Å². The first-order valence-corrected chi connectivity index (χ1v) is 5.12. The Hall–Kier alpha value is -0.960. The van der Waals surface area contributed by atoms with Gasteiger partial charge in [0.2, 0.25) is 0 Å². The monoisotopic (exact) mass is 196 g/mol. The number of nitrogens with one attached hydrogen (secondary N) is 1. The Kier molecular flexibility index (Phi) is 4.53. The fourth-order valence-electron chi connectivity index (χ4n) is 1.46. The lowest BCUT2D eigenvalue weighted by Crippen LogP contribution is -2.22. The predicted molar refractivity (Wildman–Crippen MR) is 55.5 cm³/mol. The van der Waals surface area contributed by atoms with Crippen molar-refractivity contribution < 1.29 is 4.39 Å². The smallest absolute Gasteiger partial charge is 0.146 e. The molecule has 1 aromatic rings. The summed E-state index contributed by atoms with van der Waals surface area (Å²) in [6.07, 6.45) is 4.85. The van der Waals surface area contributed by atoms with Crippen LogP contribution in [0.2, 0.25) is 0 Å². The topological polar surface area (TPSA) is 24.9 Å². The van der Waals surface area contributed by atoms with Crippen LogP contribution in [-0.2, 0) is 0 Å². The molecule has 0 aliphatic heterocycles. The van der Waals surface area contributed by atoms with Crippen molar-refractivity contribution in [2.75, 3.05) is 6.54 Å². The Labute approximate surface area is 84.6 Å². The summed E-state index contributed by atoms with van der Waals surface area (Å²) < 4.78 is 13.4. The van der Waals surface area contributed by atoms with Gasteiger partial charge in [0.15, 0.2) is 0 Å². The number of pyridine rings is 1. The molecule has 0 amide bonds. The molecule has 1 rings (SSSR count). The average Bonchev–Trinajstić information content (AvgIpc) is 2.21. The summed E-state index contributed by atoms with van der Waals surface area (Å²) in [7, 11) is 0. The van der Waals surface area contributed by atoms with E-state index in [1.54, 1.807) is 12.3 Å². The SMILES string of the molecule is CCCNC(CC)c1ccncc1F. The van der Waals surface area contributed by atoms with Gasteiger partial charge in [0, 0.05) is 17.8 Å². The van der Waals surface area contributed by atoms with E-state index in [0.717, 1.165) is 24.9 Å². The van der Waals surface area contributed by atoms with Gasteiger partial charge in [-0.15, -0.1) is 0 Å². The summed E-state index contributed by atoms with van der Waals surface area (Å²) in [6, 6.07) is 1.85. The van der Waals surface area contributed by atoms with E-state index in [0.29, 0.717) is 0 Å².